The smallest absolute Gasteiger partial charge is 0.119 e. The van der Waals surface area contributed by atoms with Crippen molar-refractivity contribution < 1.29 is 9.90 Å². The third-order valence-electron chi connectivity index (χ3n) is 2.16. The monoisotopic (exact) mass is 198 g/mol. The topological polar surface area (TPSA) is 37.3 Å². The Morgan fingerprint density at radius 1 is 0.786 bits per heavy atom. The van der Waals surface area contributed by atoms with Crippen molar-refractivity contribution in [2.75, 3.05) is 6.61 Å². The molecule has 2 nitrogen and oxygen atoms in total. The van der Waals surface area contributed by atoms with Crippen molar-refractivity contribution in [1.29, 1.82) is 0 Å². The summed E-state index contributed by atoms with van der Waals surface area (Å²) in [7, 11) is 0. The van der Waals surface area contributed by atoms with Gasteiger partial charge >= 0.3 is 0 Å². The SMILES string of the molecule is O=CCCCCCCCC=CCCO. The first kappa shape index (κ1) is 13.4. The molecule has 0 saturated heterocycles. The van der Waals surface area contributed by atoms with E-state index in [1.807, 2.05) is 6.08 Å². The van der Waals surface area contributed by atoms with Crippen LogP contribution in [-0.2, 0) is 4.79 Å². The van der Waals surface area contributed by atoms with Crippen LogP contribution in [0.15, 0.2) is 12.2 Å². The van der Waals surface area contributed by atoms with E-state index < -0.39 is 0 Å². The third-order valence-corrected chi connectivity index (χ3v) is 2.16. The molecule has 0 spiro atoms. The number of aliphatic hydroxyl groups excluding tert-OH is 1. The molecule has 82 valence electrons. The molecule has 14 heavy (non-hydrogen) atoms. The zero-order chi connectivity index (χ0) is 10.5. The molecule has 0 saturated carbocycles. The predicted molar refractivity (Wildman–Crippen MR) is 59.2 cm³/mol. The average molecular weight is 198 g/mol. The van der Waals surface area contributed by atoms with Gasteiger partial charge < -0.3 is 9.90 Å². The second kappa shape index (κ2) is 12.4. The van der Waals surface area contributed by atoms with Gasteiger partial charge in [0.05, 0.1) is 0 Å². The Bertz CT molecular complexity index is 141. The molecule has 0 aliphatic heterocycles. The summed E-state index contributed by atoms with van der Waals surface area (Å²) in [6.45, 7) is 0.252. The van der Waals surface area contributed by atoms with Gasteiger partial charge in [0.2, 0.25) is 0 Å². The third kappa shape index (κ3) is 11.4. The van der Waals surface area contributed by atoms with Gasteiger partial charge in [-0.1, -0.05) is 31.4 Å². The van der Waals surface area contributed by atoms with E-state index in [1.54, 1.807) is 0 Å². The molecular formula is C12H22O2. The molecule has 2 heteroatoms. The van der Waals surface area contributed by atoms with Crippen LogP contribution < -0.4 is 0 Å². The molecule has 0 radical (unpaired) electrons. The summed E-state index contributed by atoms with van der Waals surface area (Å²) in [5, 5.41) is 8.51. The van der Waals surface area contributed by atoms with Crippen molar-refractivity contribution in [3.63, 3.8) is 0 Å². The van der Waals surface area contributed by atoms with E-state index in [9.17, 15) is 4.79 Å². The van der Waals surface area contributed by atoms with Crippen LogP contribution in [0.3, 0.4) is 0 Å². The van der Waals surface area contributed by atoms with Gasteiger partial charge in [-0.05, 0) is 25.7 Å². The Balaban J connectivity index is 2.95. The summed E-state index contributed by atoms with van der Waals surface area (Å²) in [5.41, 5.74) is 0. The van der Waals surface area contributed by atoms with Crippen molar-refractivity contribution in [2.24, 2.45) is 0 Å². The second-order valence-electron chi connectivity index (χ2n) is 3.50. The quantitative estimate of drug-likeness (QED) is 0.333. The number of hydrogen-bond acceptors (Lipinski definition) is 2. The van der Waals surface area contributed by atoms with E-state index in [4.69, 9.17) is 5.11 Å². The number of aliphatic hydroxyl groups is 1. The summed E-state index contributed by atoms with van der Waals surface area (Å²) >= 11 is 0. The average Bonchev–Trinajstić information content (AvgIpc) is 2.21. The highest BCUT2D eigenvalue weighted by atomic mass is 16.2. The van der Waals surface area contributed by atoms with E-state index in [0.29, 0.717) is 0 Å². The lowest BCUT2D eigenvalue weighted by molar-refractivity contribution is -0.107. The molecule has 0 bridgehead atoms. The molecule has 0 aromatic rings. The number of unbranched alkanes of at least 4 members (excludes halogenated alkanes) is 6. The van der Waals surface area contributed by atoms with Gasteiger partial charge in [-0.2, -0.15) is 0 Å². The number of allylic oxidation sites excluding steroid dienone is 1. The summed E-state index contributed by atoms with van der Waals surface area (Å²) in [4.78, 5) is 10.0. The fraction of sp³-hybridized carbons (Fsp3) is 0.750. The molecule has 0 heterocycles. The summed E-state index contributed by atoms with van der Waals surface area (Å²) < 4.78 is 0. The van der Waals surface area contributed by atoms with Crippen LogP contribution in [0.5, 0.6) is 0 Å². The molecular weight excluding hydrogens is 176 g/mol. The Labute approximate surface area is 87.0 Å². The second-order valence-corrected chi connectivity index (χ2v) is 3.50. The van der Waals surface area contributed by atoms with Gasteiger partial charge in [0, 0.05) is 13.0 Å². The summed E-state index contributed by atoms with van der Waals surface area (Å²) in [5.74, 6) is 0. The van der Waals surface area contributed by atoms with Crippen molar-refractivity contribution in [3.8, 4) is 0 Å². The number of hydrogen-bond donors (Lipinski definition) is 1. The maximum atomic E-state index is 10.0. The lowest BCUT2D eigenvalue weighted by atomic mass is 10.1. The highest BCUT2D eigenvalue weighted by Crippen LogP contribution is 2.06. The lowest BCUT2D eigenvalue weighted by Crippen LogP contribution is -1.80. The van der Waals surface area contributed by atoms with Crippen LogP contribution in [-0.4, -0.2) is 18.0 Å². The molecule has 0 aromatic heterocycles. The lowest BCUT2D eigenvalue weighted by Gasteiger charge is -1.97. The minimum atomic E-state index is 0.252. The fourth-order valence-corrected chi connectivity index (χ4v) is 1.33. The van der Waals surface area contributed by atoms with Gasteiger partial charge in [-0.15, -0.1) is 0 Å². The maximum absolute atomic E-state index is 10.0. The molecule has 1 N–H and O–H groups in total. The molecule has 0 aliphatic carbocycles. The van der Waals surface area contributed by atoms with Gasteiger partial charge in [0.1, 0.15) is 6.29 Å². The van der Waals surface area contributed by atoms with Crippen LogP contribution in [0.2, 0.25) is 0 Å². The Morgan fingerprint density at radius 2 is 1.36 bits per heavy atom. The van der Waals surface area contributed by atoms with Crippen LogP contribution in [0.4, 0.5) is 0 Å². The molecule has 0 rings (SSSR count). The van der Waals surface area contributed by atoms with E-state index in [1.165, 1.54) is 25.7 Å². The molecule has 0 fully saturated rings. The summed E-state index contributed by atoms with van der Waals surface area (Å²) in [6.07, 6.45) is 13.7. The number of carbonyl (C=O) groups is 1. The van der Waals surface area contributed by atoms with Crippen LogP contribution in [0.25, 0.3) is 0 Å². The summed E-state index contributed by atoms with van der Waals surface area (Å²) in [6, 6.07) is 0. The van der Waals surface area contributed by atoms with Crippen LogP contribution in [0, 0.1) is 0 Å². The zero-order valence-corrected chi connectivity index (χ0v) is 8.95. The standard InChI is InChI=1S/C12H22O2/c13-11-9-7-5-3-1-2-4-6-8-10-12-14/h5,7,12-13H,1-4,6,8-11H2. The van der Waals surface area contributed by atoms with E-state index in [0.717, 1.165) is 32.0 Å². The zero-order valence-electron chi connectivity index (χ0n) is 8.95. The van der Waals surface area contributed by atoms with Crippen molar-refractivity contribution in [3.05, 3.63) is 12.2 Å². The first-order valence-corrected chi connectivity index (χ1v) is 5.61. The number of rotatable bonds is 10. The number of carbonyl (C=O) groups excluding carboxylic acids is 1. The minimum absolute atomic E-state index is 0.252. The van der Waals surface area contributed by atoms with E-state index in [-0.39, 0.29) is 6.61 Å². The highest BCUT2D eigenvalue weighted by Gasteiger charge is 1.89. The molecule has 0 amide bonds. The maximum Gasteiger partial charge on any atom is 0.119 e. The van der Waals surface area contributed by atoms with E-state index in [2.05, 4.69) is 6.08 Å². The van der Waals surface area contributed by atoms with Crippen molar-refractivity contribution in [1.82, 2.24) is 0 Å². The van der Waals surface area contributed by atoms with E-state index >= 15 is 0 Å². The Hall–Kier alpha value is -0.630. The molecule has 0 aromatic carbocycles. The largest absolute Gasteiger partial charge is 0.396 e. The predicted octanol–water partition coefficient (Wildman–Crippen LogP) is 2.85. The van der Waals surface area contributed by atoms with Crippen molar-refractivity contribution >= 4 is 6.29 Å². The normalized spacial score (nSPS) is 10.9. The Kier molecular flexibility index (Phi) is 11.8. The first-order chi connectivity index (χ1) is 6.91. The van der Waals surface area contributed by atoms with Gasteiger partial charge in [0.25, 0.3) is 0 Å². The highest BCUT2D eigenvalue weighted by molar-refractivity contribution is 5.48. The van der Waals surface area contributed by atoms with Crippen LogP contribution in [0.1, 0.15) is 51.4 Å². The van der Waals surface area contributed by atoms with Gasteiger partial charge in [-0.25, -0.2) is 0 Å². The first-order valence-electron chi connectivity index (χ1n) is 5.61. The minimum Gasteiger partial charge on any atom is -0.396 e. The van der Waals surface area contributed by atoms with Gasteiger partial charge in [-0.3, -0.25) is 0 Å². The Morgan fingerprint density at radius 3 is 2.00 bits per heavy atom. The van der Waals surface area contributed by atoms with Gasteiger partial charge in [0.15, 0.2) is 0 Å². The molecule has 0 atom stereocenters. The molecule has 0 unspecified atom stereocenters. The van der Waals surface area contributed by atoms with Crippen LogP contribution >= 0.6 is 0 Å². The molecule has 0 aliphatic rings. The number of aldehydes is 1. The fourth-order valence-electron chi connectivity index (χ4n) is 1.33. The van der Waals surface area contributed by atoms with Crippen molar-refractivity contribution in [2.45, 2.75) is 51.4 Å².